The molecule has 3 aromatic rings. The van der Waals surface area contributed by atoms with Crippen LogP contribution in [0.4, 0.5) is 0 Å². The summed E-state index contributed by atoms with van der Waals surface area (Å²) >= 11 is 0. The van der Waals surface area contributed by atoms with Gasteiger partial charge in [-0.3, -0.25) is 9.78 Å². The molecule has 2 heteroatoms. The fourth-order valence-electron chi connectivity index (χ4n) is 2.11. The largest absolute Gasteiger partial charge is 0.289 e. The van der Waals surface area contributed by atoms with Crippen LogP contribution in [0.5, 0.6) is 0 Å². The monoisotopic (exact) mass is 259 g/mol. The van der Waals surface area contributed by atoms with E-state index in [2.05, 4.69) is 4.98 Å². The van der Waals surface area contributed by atoms with Gasteiger partial charge >= 0.3 is 0 Å². The summed E-state index contributed by atoms with van der Waals surface area (Å²) in [5, 5.41) is 0. The lowest BCUT2D eigenvalue weighted by Gasteiger charge is -2.04. The second kappa shape index (κ2) is 5.49. The van der Waals surface area contributed by atoms with Crippen molar-refractivity contribution in [3.05, 3.63) is 90.1 Å². The predicted octanol–water partition coefficient (Wildman–Crippen LogP) is 3.98. The zero-order valence-electron chi connectivity index (χ0n) is 10.9. The SMILES string of the molecule is O=C(c1ccccc1)c1cccc(-c2ccccn2)c1. The van der Waals surface area contributed by atoms with Gasteiger partial charge in [0.2, 0.25) is 0 Å². The summed E-state index contributed by atoms with van der Waals surface area (Å²) in [4.78, 5) is 16.7. The molecule has 3 rings (SSSR count). The van der Waals surface area contributed by atoms with E-state index < -0.39 is 0 Å². The van der Waals surface area contributed by atoms with Crippen LogP contribution in [-0.2, 0) is 0 Å². The quantitative estimate of drug-likeness (QED) is 0.666. The van der Waals surface area contributed by atoms with Crippen molar-refractivity contribution in [1.29, 1.82) is 0 Å². The lowest BCUT2D eigenvalue weighted by Crippen LogP contribution is -2.01. The zero-order valence-corrected chi connectivity index (χ0v) is 10.9. The molecule has 0 fully saturated rings. The Labute approximate surface area is 117 Å². The van der Waals surface area contributed by atoms with Crippen LogP contribution in [0, 0.1) is 0 Å². The van der Waals surface area contributed by atoms with Gasteiger partial charge in [-0.1, -0.05) is 54.6 Å². The van der Waals surface area contributed by atoms with Crippen LogP contribution >= 0.6 is 0 Å². The maximum absolute atomic E-state index is 12.4. The van der Waals surface area contributed by atoms with Crippen molar-refractivity contribution >= 4 is 5.78 Å². The summed E-state index contributed by atoms with van der Waals surface area (Å²) in [6.45, 7) is 0. The molecule has 0 saturated heterocycles. The number of nitrogens with zero attached hydrogens (tertiary/aromatic N) is 1. The Morgan fingerprint density at radius 1 is 0.750 bits per heavy atom. The number of aromatic nitrogens is 1. The first kappa shape index (κ1) is 12.3. The van der Waals surface area contributed by atoms with Crippen molar-refractivity contribution < 1.29 is 4.79 Å². The molecule has 0 aliphatic rings. The van der Waals surface area contributed by atoms with E-state index in [9.17, 15) is 4.79 Å². The maximum Gasteiger partial charge on any atom is 0.193 e. The van der Waals surface area contributed by atoms with E-state index in [1.165, 1.54) is 0 Å². The minimum atomic E-state index is 0.0309. The topological polar surface area (TPSA) is 30.0 Å². The highest BCUT2D eigenvalue weighted by molar-refractivity contribution is 6.09. The summed E-state index contributed by atoms with van der Waals surface area (Å²) < 4.78 is 0. The van der Waals surface area contributed by atoms with Gasteiger partial charge in [0.25, 0.3) is 0 Å². The molecule has 0 radical (unpaired) electrons. The van der Waals surface area contributed by atoms with Gasteiger partial charge in [-0.05, 0) is 18.2 Å². The molecule has 0 bridgehead atoms. The van der Waals surface area contributed by atoms with Gasteiger partial charge in [0.15, 0.2) is 5.78 Å². The average molecular weight is 259 g/mol. The minimum absolute atomic E-state index is 0.0309. The Bertz CT molecular complexity index is 721. The van der Waals surface area contributed by atoms with Gasteiger partial charge in [0.1, 0.15) is 0 Å². The van der Waals surface area contributed by atoms with Gasteiger partial charge in [-0.25, -0.2) is 0 Å². The van der Waals surface area contributed by atoms with Crippen LogP contribution in [0.25, 0.3) is 11.3 Å². The first-order valence-corrected chi connectivity index (χ1v) is 6.46. The number of ketones is 1. The first-order valence-electron chi connectivity index (χ1n) is 6.46. The third-order valence-electron chi connectivity index (χ3n) is 3.12. The highest BCUT2D eigenvalue weighted by Crippen LogP contribution is 2.19. The van der Waals surface area contributed by atoms with E-state index in [1.54, 1.807) is 6.20 Å². The highest BCUT2D eigenvalue weighted by atomic mass is 16.1. The van der Waals surface area contributed by atoms with Gasteiger partial charge in [0, 0.05) is 22.9 Å². The van der Waals surface area contributed by atoms with Crippen molar-refractivity contribution in [2.24, 2.45) is 0 Å². The summed E-state index contributed by atoms with van der Waals surface area (Å²) in [6, 6.07) is 22.6. The minimum Gasteiger partial charge on any atom is -0.289 e. The summed E-state index contributed by atoms with van der Waals surface area (Å²) in [6.07, 6.45) is 1.75. The number of rotatable bonds is 3. The van der Waals surface area contributed by atoms with Crippen LogP contribution in [0.15, 0.2) is 79.0 Å². The lowest BCUT2D eigenvalue weighted by molar-refractivity contribution is 0.103. The fraction of sp³-hybridized carbons (Fsp3) is 0. The molecule has 96 valence electrons. The van der Waals surface area contributed by atoms with Gasteiger partial charge in [0.05, 0.1) is 5.69 Å². The molecule has 2 aromatic carbocycles. The van der Waals surface area contributed by atoms with Gasteiger partial charge < -0.3 is 0 Å². The van der Waals surface area contributed by atoms with Crippen LogP contribution in [0.2, 0.25) is 0 Å². The summed E-state index contributed by atoms with van der Waals surface area (Å²) in [7, 11) is 0. The standard InChI is InChI=1S/C18H13NO/c20-18(14-7-2-1-3-8-14)16-10-6-9-15(13-16)17-11-4-5-12-19-17/h1-13H. The van der Waals surface area contributed by atoms with Crippen LogP contribution < -0.4 is 0 Å². The van der Waals surface area contributed by atoms with E-state index >= 15 is 0 Å². The molecule has 0 unspecified atom stereocenters. The Kier molecular flexibility index (Phi) is 3.38. The van der Waals surface area contributed by atoms with Gasteiger partial charge in [-0.15, -0.1) is 0 Å². The number of pyridine rings is 1. The highest BCUT2D eigenvalue weighted by Gasteiger charge is 2.09. The molecule has 1 heterocycles. The molecule has 1 aromatic heterocycles. The molecule has 2 nitrogen and oxygen atoms in total. The molecule has 0 N–H and O–H groups in total. The van der Waals surface area contributed by atoms with Crippen molar-refractivity contribution in [2.45, 2.75) is 0 Å². The van der Waals surface area contributed by atoms with Gasteiger partial charge in [-0.2, -0.15) is 0 Å². The Hall–Kier alpha value is -2.74. The molecular weight excluding hydrogens is 246 g/mol. The molecule has 0 amide bonds. The number of hydrogen-bond acceptors (Lipinski definition) is 2. The van der Waals surface area contributed by atoms with E-state index in [-0.39, 0.29) is 5.78 Å². The second-order valence-electron chi connectivity index (χ2n) is 4.49. The Balaban J connectivity index is 1.98. The number of carbonyl (C=O) groups excluding carboxylic acids is 1. The molecule has 0 spiro atoms. The Morgan fingerprint density at radius 2 is 1.50 bits per heavy atom. The third-order valence-corrected chi connectivity index (χ3v) is 3.12. The zero-order chi connectivity index (χ0) is 13.8. The number of benzene rings is 2. The molecule has 0 aliphatic carbocycles. The third kappa shape index (κ3) is 2.50. The molecule has 0 saturated carbocycles. The average Bonchev–Trinajstić information content (AvgIpc) is 2.56. The smallest absolute Gasteiger partial charge is 0.193 e. The van der Waals surface area contributed by atoms with E-state index in [0.717, 1.165) is 11.3 Å². The summed E-state index contributed by atoms with van der Waals surface area (Å²) in [5.74, 6) is 0.0309. The molecule has 0 aliphatic heterocycles. The van der Waals surface area contributed by atoms with E-state index in [1.807, 2.05) is 72.8 Å². The van der Waals surface area contributed by atoms with Crippen molar-refractivity contribution in [3.8, 4) is 11.3 Å². The van der Waals surface area contributed by atoms with Crippen LogP contribution in [0.1, 0.15) is 15.9 Å². The van der Waals surface area contributed by atoms with Crippen molar-refractivity contribution in [2.75, 3.05) is 0 Å². The molecular formula is C18H13NO. The lowest BCUT2D eigenvalue weighted by atomic mass is 10.0. The Morgan fingerprint density at radius 3 is 2.25 bits per heavy atom. The summed E-state index contributed by atoms with van der Waals surface area (Å²) in [5.41, 5.74) is 3.20. The van der Waals surface area contributed by atoms with Crippen molar-refractivity contribution in [3.63, 3.8) is 0 Å². The van der Waals surface area contributed by atoms with E-state index in [0.29, 0.717) is 11.1 Å². The van der Waals surface area contributed by atoms with Crippen molar-refractivity contribution in [1.82, 2.24) is 4.98 Å². The predicted molar refractivity (Wildman–Crippen MR) is 79.5 cm³/mol. The second-order valence-corrected chi connectivity index (χ2v) is 4.49. The first-order chi connectivity index (χ1) is 9.84. The number of hydrogen-bond donors (Lipinski definition) is 0. The van der Waals surface area contributed by atoms with Crippen LogP contribution in [-0.4, -0.2) is 10.8 Å². The normalized spacial score (nSPS) is 10.2. The van der Waals surface area contributed by atoms with Crippen LogP contribution in [0.3, 0.4) is 0 Å². The molecule has 20 heavy (non-hydrogen) atoms. The maximum atomic E-state index is 12.4. The van der Waals surface area contributed by atoms with E-state index in [4.69, 9.17) is 0 Å². The number of carbonyl (C=O) groups is 1. The fourth-order valence-corrected chi connectivity index (χ4v) is 2.11. The molecule has 0 atom stereocenters.